The summed E-state index contributed by atoms with van der Waals surface area (Å²) in [5.41, 5.74) is 2.04. The van der Waals surface area contributed by atoms with Crippen molar-refractivity contribution < 1.29 is 9.59 Å². The Bertz CT molecular complexity index is 1120. The van der Waals surface area contributed by atoms with E-state index in [1.807, 2.05) is 22.8 Å². The molecule has 0 bridgehead atoms. The van der Waals surface area contributed by atoms with Gasteiger partial charge >= 0.3 is 0 Å². The van der Waals surface area contributed by atoms with Crippen molar-refractivity contribution in [3.8, 4) is 12.3 Å². The van der Waals surface area contributed by atoms with Gasteiger partial charge in [0, 0.05) is 22.6 Å². The molecule has 5 nitrogen and oxygen atoms in total. The van der Waals surface area contributed by atoms with Gasteiger partial charge in [-0.3, -0.25) is 9.59 Å². The number of carbonyl (C=O) groups is 2. The molecule has 1 heterocycles. The number of amides is 2. The van der Waals surface area contributed by atoms with Gasteiger partial charge in [-0.25, -0.2) is 0 Å². The Morgan fingerprint density at radius 3 is 2.81 bits per heavy atom. The van der Waals surface area contributed by atoms with E-state index >= 15 is 0 Å². The molecular formula is C19H14BrN3O2S. The van der Waals surface area contributed by atoms with Crippen LogP contribution in [0.15, 0.2) is 51.9 Å². The third kappa shape index (κ3) is 3.93. The van der Waals surface area contributed by atoms with E-state index in [0.29, 0.717) is 22.6 Å². The molecule has 2 aromatic carbocycles. The van der Waals surface area contributed by atoms with E-state index < -0.39 is 0 Å². The number of halogens is 1. The molecule has 0 fully saturated rings. The highest BCUT2D eigenvalue weighted by atomic mass is 79.9. The van der Waals surface area contributed by atoms with Gasteiger partial charge in [-0.2, -0.15) is 4.99 Å². The van der Waals surface area contributed by atoms with Gasteiger partial charge in [-0.05, 0) is 36.4 Å². The fourth-order valence-corrected chi connectivity index (χ4v) is 3.92. The quantitative estimate of drug-likeness (QED) is 0.646. The normalized spacial score (nSPS) is 11.3. The monoisotopic (exact) mass is 427 g/mol. The average molecular weight is 428 g/mol. The topological polar surface area (TPSA) is 63.5 Å². The van der Waals surface area contributed by atoms with Crippen molar-refractivity contribution in [2.24, 2.45) is 4.99 Å². The minimum Gasteiger partial charge on any atom is -0.326 e. The summed E-state index contributed by atoms with van der Waals surface area (Å²) < 4.78 is 3.51. The number of carbonyl (C=O) groups excluding carboxylic acids is 2. The molecule has 130 valence electrons. The number of benzene rings is 2. The minimum absolute atomic E-state index is 0.146. The van der Waals surface area contributed by atoms with Gasteiger partial charge in [0.25, 0.3) is 5.91 Å². The molecule has 7 heteroatoms. The highest BCUT2D eigenvalue weighted by molar-refractivity contribution is 9.10. The summed E-state index contributed by atoms with van der Waals surface area (Å²) in [4.78, 5) is 28.5. The third-order valence-electron chi connectivity index (χ3n) is 3.52. The second kappa shape index (κ2) is 7.68. The number of thiazole rings is 1. The summed E-state index contributed by atoms with van der Waals surface area (Å²) in [7, 11) is 0. The first-order chi connectivity index (χ1) is 12.5. The van der Waals surface area contributed by atoms with Crippen LogP contribution in [-0.4, -0.2) is 16.4 Å². The molecule has 0 spiro atoms. The van der Waals surface area contributed by atoms with Gasteiger partial charge in [0.2, 0.25) is 5.91 Å². The van der Waals surface area contributed by atoms with Crippen LogP contribution in [0.5, 0.6) is 0 Å². The first-order valence-electron chi connectivity index (χ1n) is 7.67. The molecule has 0 radical (unpaired) electrons. The molecule has 0 saturated heterocycles. The van der Waals surface area contributed by atoms with Gasteiger partial charge in [-0.15, -0.1) is 6.42 Å². The second-order valence-corrected chi connectivity index (χ2v) is 7.39. The van der Waals surface area contributed by atoms with Gasteiger partial charge in [0.05, 0.1) is 16.8 Å². The van der Waals surface area contributed by atoms with Crippen LogP contribution in [0.3, 0.4) is 0 Å². The molecule has 0 atom stereocenters. The molecule has 0 unspecified atom stereocenters. The number of fused-ring (bicyclic) bond motifs is 1. The maximum Gasteiger partial charge on any atom is 0.279 e. The summed E-state index contributed by atoms with van der Waals surface area (Å²) in [5.74, 6) is 2.10. The zero-order chi connectivity index (χ0) is 18.7. The van der Waals surface area contributed by atoms with E-state index in [9.17, 15) is 9.59 Å². The largest absolute Gasteiger partial charge is 0.326 e. The van der Waals surface area contributed by atoms with Crippen LogP contribution >= 0.6 is 27.3 Å². The molecule has 2 amide bonds. The van der Waals surface area contributed by atoms with Crippen LogP contribution in [0.25, 0.3) is 10.2 Å². The van der Waals surface area contributed by atoms with Crippen molar-refractivity contribution in [1.82, 2.24) is 4.57 Å². The maximum atomic E-state index is 12.5. The first kappa shape index (κ1) is 18.1. The lowest BCUT2D eigenvalue weighted by Crippen LogP contribution is -2.16. The van der Waals surface area contributed by atoms with Crippen LogP contribution in [0.1, 0.15) is 17.3 Å². The zero-order valence-corrected chi connectivity index (χ0v) is 16.2. The van der Waals surface area contributed by atoms with E-state index in [1.165, 1.54) is 18.3 Å². The van der Waals surface area contributed by atoms with Crippen LogP contribution in [0, 0.1) is 12.3 Å². The Morgan fingerprint density at radius 2 is 2.12 bits per heavy atom. The molecule has 3 rings (SSSR count). The third-order valence-corrected chi connectivity index (χ3v) is 5.06. The summed E-state index contributed by atoms with van der Waals surface area (Å²) >= 11 is 4.70. The molecule has 3 aromatic rings. The smallest absolute Gasteiger partial charge is 0.279 e. The number of anilines is 1. The molecule has 1 aromatic heterocycles. The predicted octanol–water partition coefficient (Wildman–Crippen LogP) is 3.80. The Balaban J connectivity index is 2.11. The van der Waals surface area contributed by atoms with E-state index in [2.05, 4.69) is 32.2 Å². The van der Waals surface area contributed by atoms with E-state index in [0.717, 1.165) is 14.7 Å². The molecule has 0 saturated carbocycles. The van der Waals surface area contributed by atoms with E-state index in [-0.39, 0.29) is 11.8 Å². The van der Waals surface area contributed by atoms with Crippen molar-refractivity contribution in [3.05, 3.63) is 57.3 Å². The second-order valence-electron chi connectivity index (χ2n) is 5.47. The summed E-state index contributed by atoms with van der Waals surface area (Å²) in [5, 5.41) is 2.75. The van der Waals surface area contributed by atoms with Crippen molar-refractivity contribution >= 4 is 55.0 Å². The lowest BCUT2D eigenvalue weighted by Gasteiger charge is -2.03. The molecule has 1 N–H and O–H groups in total. The fourth-order valence-electron chi connectivity index (χ4n) is 2.46. The predicted molar refractivity (Wildman–Crippen MR) is 107 cm³/mol. The molecule has 26 heavy (non-hydrogen) atoms. The van der Waals surface area contributed by atoms with Gasteiger partial charge in [-0.1, -0.05) is 39.3 Å². The number of hydrogen-bond donors (Lipinski definition) is 1. The summed E-state index contributed by atoms with van der Waals surface area (Å²) in [6.45, 7) is 1.75. The van der Waals surface area contributed by atoms with Crippen LogP contribution in [-0.2, 0) is 11.3 Å². The first-order valence-corrected chi connectivity index (χ1v) is 9.28. The molecule has 0 aliphatic carbocycles. The van der Waals surface area contributed by atoms with Crippen molar-refractivity contribution in [2.75, 3.05) is 5.32 Å². The van der Waals surface area contributed by atoms with Gasteiger partial charge in [0.15, 0.2) is 4.80 Å². The van der Waals surface area contributed by atoms with E-state index in [1.54, 1.807) is 24.3 Å². The minimum atomic E-state index is -0.342. The SMILES string of the molecule is C#CCn1c(=NC(=O)c2cccc(Br)c2)sc2cc(NC(C)=O)ccc21. The summed E-state index contributed by atoms with van der Waals surface area (Å²) in [6, 6.07) is 12.6. The maximum absolute atomic E-state index is 12.5. The van der Waals surface area contributed by atoms with Crippen molar-refractivity contribution in [3.63, 3.8) is 0 Å². The lowest BCUT2D eigenvalue weighted by atomic mass is 10.2. The molecule has 0 aliphatic rings. The fraction of sp³-hybridized carbons (Fsp3) is 0.105. The van der Waals surface area contributed by atoms with Crippen LogP contribution < -0.4 is 10.1 Å². The Kier molecular flexibility index (Phi) is 5.35. The number of rotatable bonds is 3. The summed E-state index contributed by atoms with van der Waals surface area (Å²) in [6.07, 6.45) is 5.48. The van der Waals surface area contributed by atoms with Gasteiger partial charge in [0.1, 0.15) is 0 Å². The number of nitrogens with zero attached hydrogens (tertiary/aromatic N) is 2. The Labute approximate surface area is 162 Å². The number of nitrogens with one attached hydrogen (secondary N) is 1. The van der Waals surface area contributed by atoms with Crippen molar-refractivity contribution in [1.29, 1.82) is 0 Å². The van der Waals surface area contributed by atoms with E-state index in [4.69, 9.17) is 6.42 Å². The standard InChI is InChI=1S/C19H14BrN3O2S/c1-3-9-23-16-8-7-15(21-12(2)24)11-17(16)26-19(23)22-18(25)13-5-4-6-14(20)10-13/h1,4-8,10-11H,9H2,2H3,(H,21,24). The number of hydrogen-bond acceptors (Lipinski definition) is 3. The van der Waals surface area contributed by atoms with Crippen LogP contribution in [0.4, 0.5) is 5.69 Å². The highest BCUT2D eigenvalue weighted by Gasteiger charge is 2.10. The van der Waals surface area contributed by atoms with Gasteiger partial charge < -0.3 is 9.88 Å². The molecular weight excluding hydrogens is 414 g/mol. The van der Waals surface area contributed by atoms with Crippen LogP contribution in [0.2, 0.25) is 0 Å². The number of terminal acetylenes is 1. The Morgan fingerprint density at radius 1 is 1.31 bits per heavy atom. The average Bonchev–Trinajstić information content (AvgIpc) is 2.91. The Hall–Kier alpha value is -2.69. The molecule has 0 aliphatic heterocycles. The zero-order valence-electron chi connectivity index (χ0n) is 13.8. The lowest BCUT2D eigenvalue weighted by molar-refractivity contribution is -0.114. The highest BCUT2D eigenvalue weighted by Crippen LogP contribution is 2.22. The van der Waals surface area contributed by atoms with Crippen molar-refractivity contribution in [2.45, 2.75) is 13.5 Å². The number of aromatic nitrogens is 1.